The van der Waals surface area contributed by atoms with E-state index in [4.69, 9.17) is 5.11 Å². The molecule has 0 aromatic heterocycles. The first-order chi connectivity index (χ1) is 12.5. The SMILES string of the molecule is Cc1cc(C(=O)O)cc(C(=O)NC(C)c2ccc(S(=O)(=O)N(C)C)cc2)c1. The topological polar surface area (TPSA) is 104 Å². The maximum absolute atomic E-state index is 12.5. The predicted octanol–water partition coefficient (Wildman–Crippen LogP) is 2.43. The molecule has 2 aromatic carbocycles. The Morgan fingerprint density at radius 2 is 1.59 bits per heavy atom. The minimum absolute atomic E-state index is 0.0473. The van der Waals surface area contributed by atoms with Gasteiger partial charge in [-0.15, -0.1) is 0 Å². The second kappa shape index (κ2) is 7.89. The van der Waals surface area contributed by atoms with Gasteiger partial charge < -0.3 is 10.4 Å². The Labute approximate surface area is 158 Å². The van der Waals surface area contributed by atoms with Crippen LogP contribution in [0.4, 0.5) is 0 Å². The Balaban J connectivity index is 2.19. The van der Waals surface area contributed by atoms with Crippen LogP contribution in [0.15, 0.2) is 47.4 Å². The Hall–Kier alpha value is -2.71. The van der Waals surface area contributed by atoms with Gasteiger partial charge in [-0.05, 0) is 55.3 Å². The van der Waals surface area contributed by atoms with Crippen LogP contribution in [0.2, 0.25) is 0 Å². The minimum Gasteiger partial charge on any atom is -0.478 e. The number of carbonyl (C=O) groups excluding carboxylic acids is 1. The van der Waals surface area contributed by atoms with E-state index in [-0.39, 0.29) is 22.1 Å². The van der Waals surface area contributed by atoms with Crippen LogP contribution >= 0.6 is 0 Å². The van der Waals surface area contributed by atoms with Crippen molar-refractivity contribution in [1.29, 1.82) is 0 Å². The quantitative estimate of drug-likeness (QED) is 0.788. The molecular formula is C19H22N2O5S. The molecule has 0 radical (unpaired) electrons. The number of nitrogens with zero attached hydrogens (tertiary/aromatic N) is 1. The number of nitrogens with one attached hydrogen (secondary N) is 1. The molecule has 144 valence electrons. The molecular weight excluding hydrogens is 368 g/mol. The lowest BCUT2D eigenvalue weighted by atomic mass is 10.0. The van der Waals surface area contributed by atoms with E-state index in [9.17, 15) is 18.0 Å². The number of hydrogen-bond acceptors (Lipinski definition) is 4. The summed E-state index contributed by atoms with van der Waals surface area (Å²) in [6, 6.07) is 10.3. The summed E-state index contributed by atoms with van der Waals surface area (Å²) in [5.74, 6) is -1.50. The van der Waals surface area contributed by atoms with Crippen LogP contribution < -0.4 is 5.32 Å². The van der Waals surface area contributed by atoms with E-state index in [0.29, 0.717) is 5.56 Å². The Morgan fingerprint density at radius 3 is 2.11 bits per heavy atom. The predicted molar refractivity (Wildman–Crippen MR) is 101 cm³/mol. The first-order valence-corrected chi connectivity index (χ1v) is 9.64. The lowest BCUT2D eigenvalue weighted by Gasteiger charge is -2.16. The van der Waals surface area contributed by atoms with Crippen LogP contribution in [-0.2, 0) is 10.0 Å². The molecule has 0 fully saturated rings. The number of amides is 1. The highest BCUT2D eigenvalue weighted by molar-refractivity contribution is 7.89. The molecule has 7 nitrogen and oxygen atoms in total. The maximum Gasteiger partial charge on any atom is 0.335 e. The monoisotopic (exact) mass is 390 g/mol. The fraction of sp³-hybridized carbons (Fsp3) is 0.263. The van der Waals surface area contributed by atoms with Gasteiger partial charge in [-0.3, -0.25) is 4.79 Å². The fourth-order valence-electron chi connectivity index (χ4n) is 2.54. The number of carbonyl (C=O) groups is 2. The van der Waals surface area contributed by atoms with E-state index >= 15 is 0 Å². The number of benzene rings is 2. The summed E-state index contributed by atoms with van der Waals surface area (Å²) in [6.45, 7) is 3.48. The van der Waals surface area contributed by atoms with Crippen LogP contribution in [0, 0.1) is 6.92 Å². The number of rotatable bonds is 6. The highest BCUT2D eigenvalue weighted by Crippen LogP contribution is 2.19. The standard InChI is InChI=1S/C19H22N2O5S/c1-12-9-15(11-16(10-12)19(23)24)18(22)20-13(2)14-5-7-17(8-6-14)27(25,26)21(3)4/h5-11,13H,1-4H3,(H,20,22)(H,23,24). The van der Waals surface area contributed by atoms with Gasteiger partial charge in [0.05, 0.1) is 16.5 Å². The van der Waals surface area contributed by atoms with Crippen molar-refractivity contribution < 1.29 is 23.1 Å². The normalized spacial score (nSPS) is 12.6. The van der Waals surface area contributed by atoms with E-state index in [1.54, 1.807) is 32.0 Å². The molecule has 0 saturated carbocycles. The highest BCUT2D eigenvalue weighted by atomic mass is 32.2. The van der Waals surface area contributed by atoms with Crippen LogP contribution in [0.25, 0.3) is 0 Å². The van der Waals surface area contributed by atoms with Crippen molar-refractivity contribution in [1.82, 2.24) is 9.62 Å². The molecule has 0 aliphatic rings. The molecule has 0 heterocycles. The third kappa shape index (κ3) is 4.72. The molecule has 0 aliphatic heterocycles. The summed E-state index contributed by atoms with van der Waals surface area (Å²) in [4.78, 5) is 23.8. The molecule has 1 atom stereocenters. The smallest absolute Gasteiger partial charge is 0.335 e. The van der Waals surface area contributed by atoms with Crippen LogP contribution in [-0.4, -0.2) is 43.8 Å². The molecule has 1 unspecified atom stereocenters. The number of carboxylic acids is 1. The van der Waals surface area contributed by atoms with Crippen LogP contribution in [0.1, 0.15) is 44.8 Å². The van der Waals surface area contributed by atoms with Crippen molar-refractivity contribution >= 4 is 21.9 Å². The first kappa shape index (κ1) is 20.6. The summed E-state index contributed by atoms with van der Waals surface area (Å²) < 4.78 is 25.3. The molecule has 0 aliphatic carbocycles. The third-order valence-corrected chi connectivity index (χ3v) is 5.92. The van der Waals surface area contributed by atoms with E-state index in [0.717, 1.165) is 9.87 Å². The summed E-state index contributed by atoms with van der Waals surface area (Å²) in [7, 11) is -0.597. The van der Waals surface area contributed by atoms with Crippen molar-refractivity contribution in [3.8, 4) is 0 Å². The van der Waals surface area contributed by atoms with Gasteiger partial charge in [-0.2, -0.15) is 0 Å². The highest BCUT2D eigenvalue weighted by Gasteiger charge is 2.18. The minimum atomic E-state index is -3.51. The number of hydrogen-bond donors (Lipinski definition) is 2. The molecule has 0 bridgehead atoms. The van der Waals surface area contributed by atoms with Crippen LogP contribution in [0.3, 0.4) is 0 Å². The number of aryl methyl sites for hydroxylation is 1. The second-order valence-corrected chi connectivity index (χ2v) is 8.60. The van der Waals surface area contributed by atoms with Gasteiger partial charge in [0.2, 0.25) is 10.0 Å². The Morgan fingerprint density at radius 1 is 1.04 bits per heavy atom. The average Bonchev–Trinajstić information content (AvgIpc) is 2.60. The Bertz CT molecular complexity index is 966. The zero-order valence-electron chi connectivity index (χ0n) is 15.6. The van der Waals surface area contributed by atoms with Crippen molar-refractivity contribution in [2.24, 2.45) is 0 Å². The molecule has 2 aromatic rings. The van der Waals surface area contributed by atoms with Crippen molar-refractivity contribution in [2.75, 3.05) is 14.1 Å². The lowest BCUT2D eigenvalue weighted by molar-refractivity contribution is 0.0696. The second-order valence-electron chi connectivity index (χ2n) is 6.44. The number of aromatic carboxylic acids is 1. The Kier molecular flexibility index (Phi) is 6.02. The number of carboxylic acid groups (broad SMARTS) is 1. The van der Waals surface area contributed by atoms with Gasteiger partial charge in [0.1, 0.15) is 0 Å². The summed E-state index contributed by atoms with van der Waals surface area (Å²) in [5.41, 5.74) is 1.70. The van der Waals surface area contributed by atoms with Gasteiger partial charge in [-0.1, -0.05) is 12.1 Å². The zero-order chi connectivity index (χ0) is 20.4. The molecule has 1 amide bonds. The fourth-order valence-corrected chi connectivity index (χ4v) is 3.44. The molecule has 0 saturated heterocycles. The first-order valence-electron chi connectivity index (χ1n) is 8.20. The maximum atomic E-state index is 12.5. The van der Waals surface area contributed by atoms with Gasteiger partial charge in [0, 0.05) is 19.7 Å². The van der Waals surface area contributed by atoms with E-state index in [1.807, 2.05) is 0 Å². The molecule has 8 heteroatoms. The summed E-state index contributed by atoms with van der Waals surface area (Å²) in [6.07, 6.45) is 0. The largest absolute Gasteiger partial charge is 0.478 e. The molecule has 2 rings (SSSR count). The van der Waals surface area contributed by atoms with E-state index in [2.05, 4.69) is 5.32 Å². The lowest BCUT2D eigenvalue weighted by Crippen LogP contribution is -2.27. The van der Waals surface area contributed by atoms with Gasteiger partial charge >= 0.3 is 5.97 Å². The van der Waals surface area contributed by atoms with Crippen LogP contribution in [0.5, 0.6) is 0 Å². The van der Waals surface area contributed by atoms with Crippen molar-refractivity contribution in [3.63, 3.8) is 0 Å². The summed E-state index contributed by atoms with van der Waals surface area (Å²) in [5, 5.41) is 11.9. The van der Waals surface area contributed by atoms with Crippen molar-refractivity contribution in [3.05, 3.63) is 64.7 Å². The zero-order valence-corrected chi connectivity index (χ0v) is 16.4. The van der Waals surface area contributed by atoms with E-state index in [1.165, 1.54) is 38.4 Å². The summed E-state index contributed by atoms with van der Waals surface area (Å²) >= 11 is 0. The third-order valence-electron chi connectivity index (χ3n) is 4.09. The molecule has 27 heavy (non-hydrogen) atoms. The number of sulfonamides is 1. The van der Waals surface area contributed by atoms with E-state index < -0.39 is 21.9 Å². The van der Waals surface area contributed by atoms with Gasteiger partial charge in [0.15, 0.2) is 0 Å². The average molecular weight is 390 g/mol. The van der Waals surface area contributed by atoms with Crippen molar-refractivity contribution in [2.45, 2.75) is 24.8 Å². The van der Waals surface area contributed by atoms with Gasteiger partial charge in [0.25, 0.3) is 5.91 Å². The van der Waals surface area contributed by atoms with Gasteiger partial charge in [-0.25, -0.2) is 17.5 Å². The molecule has 0 spiro atoms. The molecule has 2 N–H and O–H groups in total.